The molecule has 1 aromatic rings. The molecule has 20 heavy (non-hydrogen) atoms. The number of anilines is 1. The van der Waals surface area contributed by atoms with Gasteiger partial charge in [-0.15, -0.1) is 0 Å². The summed E-state index contributed by atoms with van der Waals surface area (Å²) >= 11 is 5.66. The van der Waals surface area contributed by atoms with Crippen LogP contribution in [-0.4, -0.2) is 35.4 Å². The molecule has 0 spiro atoms. The van der Waals surface area contributed by atoms with E-state index in [1.165, 1.54) is 13.3 Å². The highest BCUT2D eigenvalue weighted by molar-refractivity contribution is 6.30. The molecule has 0 aromatic carbocycles. The van der Waals surface area contributed by atoms with Gasteiger partial charge in [-0.1, -0.05) is 11.6 Å². The molecule has 1 aliphatic rings. The number of nitro groups is 1. The molecule has 1 aliphatic heterocycles. The van der Waals surface area contributed by atoms with Gasteiger partial charge < -0.3 is 4.74 Å². The second-order valence-electron chi connectivity index (χ2n) is 4.18. The highest BCUT2D eigenvalue weighted by Gasteiger charge is 2.39. The number of ether oxygens (including phenoxy) is 1. The highest BCUT2D eigenvalue weighted by atomic mass is 35.5. The minimum atomic E-state index is -0.674. The number of methoxy groups -OCH3 is 1. The van der Waals surface area contributed by atoms with Gasteiger partial charge in [-0.05, 0) is 0 Å². The maximum Gasteiger partial charge on any atom is 0.313 e. The number of carbonyl (C=O) groups excluding carboxylic acids is 2. The Morgan fingerprint density at radius 3 is 2.95 bits per heavy atom. The Bertz CT molecular complexity index is 591. The predicted molar refractivity (Wildman–Crippen MR) is 68.4 cm³/mol. The van der Waals surface area contributed by atoms with Crippen molar-refractivity contribution in [3.8, 4) is 0 Å². The Labute approximate surface area is 118 Å². The standard InChI is InChI=1S/C11H10ClN3O5/c1-20-11(17)6-2-9(16)14(5-6)10-8(15(18)19)3-7(12)4-13-10/h3-4,6H,2,5H2,1H3. The highest BCUT2D eigenvalue weighted by Crippen LogP contribution is 2.32. The molecule has 1 fully saturated rings. The average Bonchev–Trinajstić information content (AvgIpc) is 2.79. The van der Waals surface area contributed by atoms with Gasteiger partial charge in [0, 0.05) is 25.2 Å². The number of amides is 1. The lowest BCUT2D eigenvalue weighted by molar-refractivity contribution is -0.384. The van der Waals surface area contributed by atoms with E-state index in [4.69, 9.17) is 11.6 Å². The van der Waals surface area contributed by atoms with Crippen LogP contribution in [0.4, 0.5) is 11.5 Å². The van der Waals surface area contributed by atoms with Gasteiger partial charge in [-0.3, -0.25) is 24.6 Å². The van der Waals surface area contributed by atoms with Gasteiger partial charge in [0.25, 0.3) is 0 Å². The minimum absolute atomic E-state index is 0.000971. The van der Waals surface area contributed by atoms with Crippen LogP contribution in [0.2, 0.25) is 5.02 Å². The van der Waals surface area contributed by atoms with E-state index >= 15 is 0 Å². The summed E-state index contributed by atoms with van der Waals surface area (Å²) in [5.74, 6) is -1.71. The van der Waals surface area contributed by atoms with Gasteiger partial charge >= 0.3 is 11.7 Å². The second kappa shape index (κ2) is 5.41. The fourth-order valence-electron chi connectivity index (χ4n) is 2.00. The summed E-state index contributed by atoms with van der Waals surface area (Å²) in [6.45, 7) is 0.000971. The van der Waals surface area contributed by atoms with Crippen molar-refractivity contribution in [2.75, 3.05) is 18.6 Å². The topological polar surface area (TPSA) is 103 Å². The Morgan fingerprint density at radius 2 is 2.35 bits per heavy atom. The monoisotopic (exact) mass is 299 g/mol. The summed E-state index contributed by atoms with van der Waals surface area (Å²) in [6, 6.07) is 1.11. The number of hydrogen-bond donors (Lipinski definition) is 0. The molecule has 0 bridgehead atoms. The van der Waals surface area contributed by atoms with Crippen molar-refractivity contribution >= 4 is 35.0 Å². The fourth-order valence-corrected chi connectivity index (χ4v) is 2.15. The number of pyridine rings is 1. The van der Waals surface area contributed by atoms with E-state index in [1.54, 1.807) is 0 Å². The normalized spacial score (nSPS) is 18.2. The lowest BCUT2D eigenvalue weighted by Crippen LogP contribution is -2.27. The summed E-state index contributed by atoms with van der Waals surface area (Å²) in [5, 5.41) is 11.1. The van der Waals surface area contributed by atoms with E-state index in [9.17, 15) is 19.7 Å². The van der Waals surface area contributed by atoms with Gasteiger partial charge in [0.2, 0.25) is 11.7 Å². The van der Waals surface area contributed by atoms with Crippen LogP contribution in [0.3, 0.4) is 0 Å². The van der Waals surface area contributed by atoms with Gasteiger partial charge in [-0.2, -0.15) is 0 Å². The first kappa shape index (κ1) is 14.2. The van der Waals surface area contributed by atoms with Crippen LogP contribution in [0, 0.1) is 16.0 Å². The number of hydrogen-bond acceptors (Lipinski definition) is 6. The van der Waals surface area contributed by atoms with E-state index in [0.29, 0.717) is 0 Å². The van der Waals surface area contributed by atoms with Gasteiger partial charge in [0.1, 0.15) is 0 Å². The molecule has 106 valence electrons. The minimum Gasteiger partial charge on any atom is -0.469 e. The first-order chi connectivity index (χ1) is 9.43. The zero-order chi connectivity index (χ0) is 14.9. The Kier molecular flexibility index (Phi) is 3.84. The second-order valence-corrected chi connectivity index (χ2v) is 4.62. The van der Waals surface area contributed by atoms with Crippen molar-refractivity contribution in [3.05, 3.63) is 27.4 Å². The third-order valence-electron chi connectivity index (χ3n) is 2.93. The number of carbonyl (C=O) groups is 2. The van der Waals surface area contributed by atoms with Gasteiger partial charge in [-0.25, -0.2) is 4.98 Å². The van der Waals surface area contributed by atoms with Crippen LogP contribution in [0.25, 0.3) is 0 Å². The largest absolute Gasteiger partial charge is 0.469 e. The SMILES string of the molecule is COC(=O)C1CC(=O)N(c2ncc(Cl)cc2[N+](=O)[O-])C1. The van der Waals surface area contributed by atoms with Crippen LogP contribution in [0.5, 0.6) is 0 Å². The molecule has 0 radical (unpaired) electrons. The molecular formula is C11H10ClN3O5. The molecule has 1 saturated heterocycles. The summed E-state index contributed by atoms with van der Waals surface area (Å²) < 4.78 is 4.57. The van der Waals surface area contributed by atoms with Crippen LogP contribution >= 0.6 is 11.6 Å². The first-order valence-electron chi connectivity index (χ1n) is 5.62. The van der Waals surface area contributed by atoms with Crippen molar-refractivity contribution in [1.29, 1.82) is 0 Å². The van der Waals surface area contributed by atoms with E-state index in [2.05, 4.69) is 9.72 Å². The molecular weight excluding hydrogens is 290 g/mol. The van der Waals surface area contributed by atoms with Crippen molar-refractivity contribution in [2.45, 2.75) is 6.42 Å². The van der Waals surface area contributed by atoms with E-state index < -0.39 is 22.7 Å². The molecule has 9 heteroatoms. The fraction of sp³-hybridized carbons (Fsp3) is 0.364. The quantitative estimate of drug-likeness (QED) is 0.471. The number of halogens is 1. The molecule has 0 saturated carbocycles. The van der Waals surface area contributed by atoms with Crippen molar-refractivity contribution in [1.82, 2.24) is 4.98 Å². The molecule has 2 heterocycles. The number of rotatable bonds is 3. The molecule has 8 nitrogen and oxygen atoms in total. The zero-order valence-corrected chi connectivity index (χ0v) is 11.2. The molecule has 0 aliphatic carbocycles. The van der Waals surface area contributed by atoms with Gasteiger partial charge in [0.15, 0.2) is 0 Å². The van der Waals surface area contributed by atoms with E-state index in [0.717, 1.165) is 11.0 Å². The summed E-state index contributed by atoms with van der Waals surface area (Å²) in [7, 11) is 1.22. The summed E-state index contributed by atoms with van der Waals surface area (Å²) in [5.41, 5.74) is -0.378. The maximum absolute atomic E-state index is 11.9. The third-order valence-corrected chi connectivity index (χ3v) is 3.13. The lowest BCUT2D eigenvalue weighted by atomic mass is 10.1. The molecule has 1 amide bonds. The average molecular weight is 300 g/mol. The Hall–Kier alpha value is -2.22. The first-order valence-corrected chi connectivity index (χ1v) is 6.00. The number of nitrogens with zero attached hydrogens (tertiary/aromatic N) is 3. The van der Waals surface area contributed by atoms with Gasteiger partial charge in [0.05, 0.1) is 23.0 Å². The number of esters is 1. The van der Waals surface area contributed by atoms with Crippen molar-refractivity contribution in [3.63, 3.8) is 0 Å². The van der Waals surface area contributed by atoms with Crippen LogP contribution in [0.1, 0.15) is 6.42 Å². The summed E-state index contributed by atoms with van der Waals surface area (Å²) in [6.07, 6.45) is 1.15. The Morgan fingerprint density at radius 1 is 1.65 bits per heavy atom. The third kappa shape index (κ3) is 2.55. The molecule has 2 rings (SSSR count). The van der Waals surface area contributed by atoms with Crippen molar-refractivity contribution < 1.29 is 19.2 Å². The Balaban J connectivity index is 2.35. The molecule has 1 unspecified atom stereocenters. The van der Waals surface area contributed by atoms with Crippen LogP contribution in [0.15, 0.2) is 12.3 Å². The number of aromatic nitrogens is 1. The zero-order valence-electron chi connectivity index (χ0n) is 10.4. The lowest BCUT2D eigenvalue weighted by Gasteiger charge is -2.15. The molecule has 1 atom stereocenters. The summed E-state index contributed by atoms with van der Waals surface area (Å²) in [4.78, 5) is 38.6. The van der Waals surface area contributed by atoms with E-state index in [1.807, 2.05) is 0 Å². The van der Waals surface area contributed by atoms with Crippen LogP contribution in [-0.2, 0) is 14.3 Å². The van der Waals surface area contributed by atoms with E-state index in [-0.39, 0.29) is 29.5 Å². The predicted octanol–water partition coefficient (Wildman–Crippen LogP) is 1.17. The molecule has 1 aromatic heterocycles. The van der Waals surface area contributed by atoms with Crippen molar-refractivity contribution in [2.24, 2.45) is 5.92 Å². The maximum atomic E-state index is 11.9. The van der Waals surface area contributed by atoms with Crippen LogP contribution < -0.4 is 4.90 Å². The smallest absolute Gasteiger partial charge is 0.313 e. The molecule has 0 N–H and O–H groups in total.